The number of methoxy groups -OCH3 is 1. The molecule has 0 atom stereocenters. The lowest BCUT2D eigenvalue weighted by molar-refractivity contribution is 0.185. The first-order chi connectivity index (χ1) is 9.84. The SMILES string of the molecule is COCCn1c(-c2cc(F)ccc2Br)nnc1S(=O)(=O)Cl. The van der Waals surface area contributed by atoms with Crippen molar-refractivity contribution >= 4 is 35.7 Å². The fourth-order valence-electron chi connectivity index (χ4n) is 1.72. The van der Waals surface area contributed by atoms with E-state index in [-0.39, 0.29) is 19.0 Å². The van der Waals surface area contributed by atoms with Crippen molar-refractivity contribution in [2.75, 3.05) is 13.7 Å². The Labute approximate surface area is 133 Å². The van der Waals surface area contributed by atoms with E-state index in [0.717, 1.165) is 0 Å². The predicted molar refractivity (Wildman–Crippen MR) is 78.0 cm³/mol. The van der Waals surface area contributed by atoms with Gasteiger partial charge in [0.1, 0.15) is 5.82 Å². The fraction of sp³-hybridized carbons (Fsp3) is 0.273. The van der Waals surface area contributed by atoms with Crippen LogP contribution >= 0.6 is 26.6 Å². The molecule has 0 bridgehead atoms. The minimum absolute atomic E-state index is 0.156. The predicted octanol–water partition coefficient (Wildman–Crippen LogP) is 2.42. The summed E-state index contributed by atoms with van der Waals surface area (Å²) in [5.41, 5.74) is 0.366. The Kier molecular flexibility index (Phi) is 4.97. The van der Waals surface area contributed by atoms with Gasteiger partial charge in [-0.15, -0.1) is 10.2 Å². The molecular formula is C11H10BrClFN3O3S. The average molecular weight is 399 g/mol. The molecule has 0 unspecified atom stereocenters. The van der Waals surface area contributed by atoms with Crippen LogP contribution in [0.15, 0.2) is 27.8 Å². The second kappa shape index (κ2) is 6.39. The number of hydrogen-bond donors (Lipinski definition) is 0. The lowest BCUT2D eigenvalue weighted by atomic mass is 10.2. The summed E-state index contributed by atoms with van der Waals surface area (Å²) < 4.78 is 43.2. The van der Waals surface area contributed by atoms with Gasteiger partial charge < -0.3 is 4.74 Å². The quantitative estimate of drug-likeness (QED) is 0.723. The van der Waals surface area contributed by atoms with Crippen molar-refractivity contribution in [3.63, 3.8) is 0 Å². The summed E-state index contributed by atoms with van der Waals surface area (Å²) in [7, 11) is 2.73. The molecule has 0 N–H and O–H groups in total. The average Bonchev–Trinajstić information content (AvgIpc) is 2.82. The highest BCUT2D eigenvalue weighted by Gasteiger charge is 2.24. The van der Waals surface area contributed by atoms with Crippen molar-refractivity contribution in [2.45, 2.75) is 11.7 Å². The maximum atomic E-state index is 13.4. The molecular weight excluding hydrogens is 389 g/mol. The lowest BCUT2D eigenvalue weighted by Gasteiger charge is -2.09. The van der Waals surface area contributed by atoms with E-state index in [2.05, 4.69) is 26.1 Å². The van der Waals surface area contributed by atoms with Gasteiger partial charge in [0, 0.05) is 27.8 Å². The Morgan fingerprint density at radius 3 is 2.76 bits per heavy atom. The second-order valence-corrected chi connectivity index (χ2v) is 7.33. The number of halogens is 3. The normalized spacial score (nSPS) is 11.8. The highest BCUT2D eigenvalue weighted by atomic mass is 79.9. The highest BCUT2D eigenvalue weighted by molar-refractivity contribution is 9.10. The molecule has 0 aliphatic rings. The standard InChI is InChI=1S/C11H10BrClFN3O3S/c1-20-5-4-17-10(15-16-11(17)21(13,18)19)8-6-7(14)2-3-9(8)12/h2-3,6H,4-5H2,1H3. The van der Waals surface area contributed by atoms with Crippen molar-refractivity contribution in [3.05, 3.63) is 28.5 Å². The molecule has 0 aliphatic heterocycles. The molecule has 0 spiro atoms. The van der Waals surface area contributed by atoms with E-state index in [4.69, 9.17) is 15.4 Å². The van der Waals surface area contributed by atoms with Crippen molar-refractivity contribution in [1.82, 2.24) is 14.8 Å². The van der Waals surface area contributed by atoms with Gasteiger partial charge in [0.15, 0.2) is 5.82 Å². The minimum Gasteiger partial charge on any atom is -0.383 e. The van der Waals surface area contributed by atoms with Crippen molar-refractivity contribution in [1.29, 1.82) is 0 Å². The van der Waals surface area contributed by atoms with Crippen LogP contribution in [0.25, 0.3) is 11.4 Å². The Balaban J connectivity index is 2.63. The molecule has 0 saturated carbocycles. The van der Waals surface area contributed by atoms with Gasteiger partial charge in [0.2, 0.25) is 0 Å². The van der Waals surface area contributed by atoms with Crippen molar-refractivity contribution in [2.24, 2.45) is 0 Å². The van der Waals surface area contributed by atoms with E-state index in [1.807, 2.05) is 0 Å². The molecule has 0 amide bonds. The highest BCUT2D eigenvalue weighted by Crippen LogP contribution is 2.29. The molecule has 1 aromatic heterocycles. The zero-order chi connectivity index (χ0) is 15.6. The van der Waals surface area contributed by atoms with E-state index < -0.39 is 20.0 Å². The first kappa shape index (κ1) is 16.3. The van der Waals surface area contributed by atoms with Crippen molar-refractivity contribution < 1.29 is 17.5 Å². The Bertz CT molecular complexity index is 766. The first-order valence-corrected chi connectivity index (χ1v) is 8.77. The maximum Gasteiger partial charge on any atom is 0.296 e. The van der Waals surface area contributed by atoms with Crippen LogP contribution in [-0.2, 0) is 20.3 Å². The van der Waals surface area contributed by atoms with Crippen LogP contribution in [0.1, 0.15) is 0 Å². The third-order valence-corrected chi connectivity index (χ3v) is 4.47. The Morgan fingerprint density at radius 2 is 2.14 bits per heavy atom. The molecule has 2 rings (SSSR count). The van der Waals surface area contributed by atoms with Gasteiger partial charge >= 0.3 is 0 Å². The van der Waals surface area contributed by atoms with Crippen LogP contribution in [0.3, 0.4) is 0 Å². The molecule has 0 fully saturated rings. The van der Waals surface area contributed by atoms with Gasteiger partial charge in [-0.3, -0.25) is 4.57 Å². The molecule has 0 radical (unpaired) electrons. The molecule has 0 saturated heterocycles. The molecule has 2 aromatic rings. The van der Waals surface area contributed by atoms with Crippen LogP contribution in [0.2, 0.25) is 0 Å². The van der Waals surface area contributed by atoms with E-state index >= 15 is 0 Å². The number of ether oxygens (including phenoxy) is 1. The summed E-state index contributed by atoms with van der Waals surface area (Å²) in [5, 5.41) is 6.98. The second-order valence-electron chi connectivity index (χ2n) is 4.01. The zero-order valence-electron chi connectivity index (χ0n) is 10.8. The van der Waals surface area contributed by atoms with Crippen LogP contribution in [0.4, 0.5) is 4.39 Å². The number of hydrogen-bond acceptors (Lipinski definition) is 5. The van der Waals surface area contributed by atoms with Gasteiger partial charge in [-0.1, -0.05) is 15.9 Å². The summed E-state index contributed by atoms with van der Waals surface area (Å²) in [6, 6.07) is 3.99. The number of benzene rings is 1. The van der Waals surface area contributed by atoms with Gasteiger partial charge in [0.05, 0.1) is 13.2 Å². The molecule has 1 heterocycles. The summed E-state index contributed by atoms with van der Waals surface area (Å²) in [4.78, 5) is 0. The van der Waals surface area contributed by atoms with E-state index in [0.29, 0.717) is 10.0 Å². The van der Waals surface area contributed by atoms with Crippen LogP contribution in [-0.4, -0.2) is 36.9 Å². The van der Waals surface area contributed by atoms with Crippen molar-refractivity contribution in [3.8, 4) is 11.4 Å². The topological polar surface area (TPSA) is 74.1 Å². The van der Waals surface area contributed by atoms with Gasteiger partial charge in [-0.05, 0) is 18.2 Å². The van der Waals surface area contributed by atoms with Crippen LogP contribution in [0.5, 0.6) is 0 Å². The third-order valence-electron chi connectivity index (χ3n) is 2.62. The van der Waals surface area contributed by atoms with E-state index in [1.165, 1.54) is 29.9 Å². The van der Waals surface area contributed by atoms with Gasteiger partial charge in [-0.25, -0.2) is 12.8 Å². The number of nitrogens with zero attached hydrogens (tertiary/aromatic N) is 3. The number of rotatable bonds is 5. The molecule has 1 aromatic carbocycles. The van der Waals surface area contributed by atoms with Gasteiger partial charge in [-0.2, -0.15) is 0 Å². The maximum absolute atomic E-state index is 13.4. The smallest absolute Gasteiger partial charge is 0.296 e. The zero-order valence-corrected chi connectivity index (χ0v) is 13.9. The molecule has 114 valence electrons. The van der Waals surface area contributed by atoms with Gasteiger partial charge in [0.25, 0.3) is 14.2 Å². The Hall–Kier alpha value is -1.03. The number of aromatic nitrogens is 3. The monoisotopic (exact) mass is 397 g/mol. The molecule has 0 aliphatic carbocycles. The minimum atomic E-state index is -4.08. The van der Waals surface area contributed by atoms with Crippen LogP contribution < -0.4 is 0 Å². The van der Waals surface area contributed by atoms with E-state index in [1.54, 1.807) is 0 Å². The van der Waals surface area contributed by atoms with E-state index in [9.17, 15) is 12.8 Å². The lowest BCUT2D eigenvalue weighted by Crippen LogP contribution is -2.11. The molecule has 6 nitrogen and oxygen atoms in total. The molecule has 21 heavy (non-hydrogen) atoms. The summed E-state index contributed by atoms with van der Waals surface area (Å²) in [6.07, 6.45) is 0. The van der Waals surface area contributed by atoms with Crippen LogP contribution in [0, 0.1) is 5.82 Å². The Morgan fingerprint density at radius 1 is 1.43 bits per heavy atom. The first-order valence-electron chi connectivity index (χ1n) is 5.67. The molecule has 10 heteroatoms. The third kappa shape index (κ3) is 3.60. The largest absolute Gasteiger partial charge is 0.383 e. The summed E-state index contributed by atoms with van der Waals surface area (Å²) in [6.45, 7) is 0.375. The summed E-state index contributed by atoms with van der Waals surface area (Å²) in [5.74, 6) is -0.303. The fourth-order valence-corrected chi connectivity index (χ4v) is 3.07. The summed E-state index contributed by atoms with van der Waals surface area (Å²) >= 11 is 3.27.